The van der Waals surface area contributed by atoms with Crippen molar-refractivity contribution in [3.63, 3.8) is 0 Å². The smallest absolute Gasteiger partial charge is 0.337 e. The Morgan fingerprint density at radius 1 is 1.12 bits per heavy atom. The number of hydrogen-bond acceptors (Lipinski definition) is 4. The molecule has 0 saturated carbocycles. The van der Waals surface area contributed by atoms with Gasteiger partial charge in [0.15, 0.2) is 0 Å². The van der Waals surface area contributed by atoms with Crippen molar-refractivity contribution in [1.29, 1.82) is 0 Å². The number of anilines is 1. The molecular weight excluding hydrogens is 338 g/mol. The van der Waals surface area contributed by atoms with Crippen LogP contribution in [0.1, 0.15) is 10.4 Å². The molecule has 2 aromatic heterocycles. The third-order valence-electron chi connectivity index (χ3n) is 3.94. The summed E-state index contributed by atoms with van der Waals surface area (Å²) in [7, 11) is 0. The van der Waals surface area contributed by atoms with Crippen LogP contribution in [-0.4, -0.2) is 21.0 Å². The van der Waals surface area contributed by atoms with Gasteiger partial charge in [0.25, 0.3) is 5.56 Å². The SMILES string of the molecule is Nc1cccc(Sc2ccc3[nH]c(=O)c4[nH]cc(C(=O)O)c4c3c2)c1. The lowest BCUT2D eigenvalue weighted by Gasteiger charge is -2.06. The molecule has 6 nitrogen and oxygen atoms in total. The number of aromatic amines is 2. The Hall–Kier alpha value is -3.19. The molecule has 0 aliphatic carbocycles. The molecular formula is C18H13N3O3S. The number of benzene rings is 2. The maximum atomic E-state index is 12.1. The van der Waals surface area contributed by atoms with Gasteiger partial charge in [-0.05, 0) is 36.4 Å². The molecule has 4 rings (SSSR count). The fraction of sp³-hybridized carbons (Fsp3) is 0. The molecule has 0 atom stereocenters. The maximum Gasteiger partial charge on any atom is 0.337 e. The molecule has 4 aromatic rings. The number of nitrogen functional groups attached to an aromatic ring is 1. The van der Waals surface area contributed by atoms with E-state index in [1.54, 1.807) is 6.07 Å². The summed E-state index contributed by atoms with van der Waals surface area (Å²) in [6.07, 6.45) is 1.35. The largest absolute Gasteiger partial charge is 0.478 e. The molecule has 0 amide bonds. The molecule has 0 spiro atoms. The van der Waals surface area contributed by atoms with E-state index in [2.05, 4.69) is 9.97 Å². The van der Waals surface area contributed by atoms with Crippen LogP contribution in [0.15, 0.2) is 63.2 Å². The minimum absolute atomic E-state index is 0.0807. The van der Waals surface area contributed by atoms with Gasteiger partial charge in [-0.3, -0.25) is 4.79 Å². The molecule has 2 aromatic carbocycles. The first kappa shape index (κ1) is 15.3. The van der Waals surface area contributed by atoms with Crippen molar-refractivity contribution in [3.8, 4) is 0 Å². The van der Waals surface area contributed by atoms with Gasteiger partial charge in [0, 0.05) is 38.0 Å². The second kappa shape index (κ2) is 5.71. The number of carbonyl (C=O) groups is 1. The predicted octanol–water partition coefficient (Wildman–Crippen LogP) is 3.44. The van der Waals surface area contributed by atoms with Crippen molar-refractivity contribution in [2.75, 3.05) is 5.73 Å². The number of rotatable bonds is 3. The van der Waals surface area contributed by atoms with E-state index in [4.69, 9.17) is 5.73 Å². The molecule has 0 saturated heterocycles. The van der Waals surface area contributed by atoms with Crippen LogP contribution in [0.25, 0.3) is 21.8 Å². The fourth-order valence-corrected chi connectivity index (χ4v) is 3.78. The number of aromatic nitrogens is 2. The number of carboxylic acids is 1. The Labute approximate surface area is 145 Å². The van der Waals surface area contributed by atoms with Crippen molar-refractivity contribution in [3.05, 3.63) is 64.6 Å². The summed E-state index contributed by atoms with van der Waals surface area (Å²) < 4.78 is 0. The van der Waals surface area contributed by atoms with Gasteiger partial charge < -0.3 is 20.8 Å². The Morgan fingerprint density at radius 3 is 2.68 bits per heavy atom. The zero-order chi connectivity index (χ0) is 17.6. The Kier molecular flexibility index (Phi) is 3.51. The van der Waals surface area contributed by atoms with E-state index in [9.17, 15) is 14.7 Å². The van der Waals surface area contributed by atoms with E-state index >= 15 is 0 Å². The van der Waals surface area contributed by atoms with Crippen molar-refractivity contribution in [2.24, 2.45) is 0 Å². The van der Waals surface area contributed by atoms with Crippen LogP contribution < -0.4 is 11.3 Å². The minimum atomic E-state index is -1.08. The summed E-state index contributed by atoms with van der Waals surface area (Å²) in [5.41, 5.74) is 7.08. The molecule has 7 heteroatoms. The first-order valence-corrected chi connectivity index (χ1v) is 8.28. The van der Waals surface area contributed by atoms with Crippen molar-refractivity contribution >= 4 is 45.2 Å². The third-order valence-corrected chi connectivity index (χ3v) is 4.92. The summed E-state index contributed by atoms with van der Waals surface area (Å²) >= 11 is 1.52. The normalized spacial score (nSPS) is 11.2. The average Bonchev–Trinajstić information content (AvgIpc) is 3.02. The van der Waals surface area contributed by atoms with Crippen LogP contribution >= 0.6 is 11.8 Å². The molecule has 124 valence electrons. The van der Waals surface area contributed by atoms with Crippen LogP contribution in [0.4, 0.5) is 5.69 Å². The average molecular weight is 351 g/mol. The van der Waals surface area contributed by atoms with Crippen molar-refractivity contribution < 1.29 is 9.90 Å². The molecule has 0 bridgehead atoms. The molecule has 2 heterocycles. The van der Waals surface area contributed by atoms with Crippen molar-refractivity contribution in [2.45, 2.75) is 9.79 Å². The second-order valence-corrected chi connectivity index (χ2v) is 6.74. The number of fused-ring (bicyclic) bond motifs is 3. The fourth-order valence-electron chi connectivity index (χ4n) is 2.85. The first-order chi connectivity index (χ1) is 12.0. The van der Waals surface area contributed by atoms with E-state index in [0.717, 1.165) is 9.79 Å². The second-order valence-electron chi connectivity index (χ2n) is 5.59. The topological polar surface area (TPSA) is 112 Å². The molecule has 0 radical (unpaired) electrons. The van der Waals surface area contributed by atoms with Crippen LogP contribution in [0.5, 0.6) is 0 Å². The monoisotopic (exact) mass is 351 g/mol. The minimum Gasteiger partial charge on any atom is -0.478 e. The Balaban J connectivity index is 1.93. The molecule has 0 aliphatic rings. The highest BCUT2D eigenvalue weighted by Gasteiger charge is 2.16. The molecule has 0 aliphatic heterocycles. The summed E-state index contributed by atoms with van der Waals surface area (Å²) in [6.45, 7) is 0. The van der Waals surface area contributed by atoms with Gasteiger partial charge in [-0.15, -0.1) is 0 Å². The van der Waals surface area contributed by atoms with Gasteiger partial charge >= 0.3 is 5.97 Å². The van der Waals surface area contributed by atoms with Crippen LogP contribution in [0.2, 0.25) is 0 Å². The zero-order valence-corrected chi connectivity index (χ0v) is 13.7. The van der Waals surface area contributed by atoms with Gasteiger partial charge in [0.05, 0.1) is 5.56 Å². The van der Waals surface area contributed by atoms with Gasteiger partial charge in [0.1, 0.15) is 5.52 Å². The Bertz CT molecular complexity index is 1190. The number of nitrogens with one attached hydrogen (secondary N) is 2. The van der Waals surface area contributed by atoms with E-state index in [1.807, 2.05) is 36.4 Å². The molecule has 0 unspecified atom stereocenters. The molecule has 5 N–H and O–H groups in total. The zero-order valence-electron chi connectivity index (χ0n) is 12.9. The highest BCUT2D eigenvalue weighted by molar-refractivity contribution is 7.99. The van der Waals surface area contributed by atoms with E-state index in [-0.39, 0.29) is 16.6 Å². The van der Waals surface area contributed by atoms with Crippen LogP contribution in [0.3, 0.4) is 0 Å². The van der Waals surface area contributed by atoms with Crippen LogP contribution in [-0.2, 0) is 0 Å². The summed E-state index contributed by atoms with van der Waals surface area (Å²) in [5.74, 6) is -1.08. The standard InChI is InChI=1S/C18H13N3O3S/c19-9-2-1-3-10(6-9)25-11-4-5-14-12(7-11)15-13(18(23)24)8-20-16(15)17(22)21-14/h1-8,20H,19H2,(H,21,22)(H,23,24). The highest BCUT2D eigenvalue weighted by Crippen LogP contribution is 2.33. The number of H-pyrrole nitrogens is 2. The van der Waals surface area contributed by atoms with Gasteiger partial charge in [0.2, 0.25) is 0 Å². The molecule has 0 fully saturated rings. The maximum absolute atomic E-state index is 12.1. The summed E-state index contributed by atoms with van der Waals surface area (Å²) in [4.78, 5) is 31.1. The van der Waals surface area contributed by atoms with E-state index < -0.39 is 5.97 Å². The van der Waals surface area contributed by atoms with E-state index in [1.165, 1.54) is 18.0 Å². The number of aromatic carboxylic acids is 1. The number of pyridine rings is 1. The lowest BCUT2D eigenvalue weighted by molar-refractivity contribution is 0.0699. The number of carboxylic acid groups (broad SMARTS) is 1. The lowest BCUT2D eigenvalue weighted by Crippen LogP contribution is -2.07. The number of nitrogens with two attached hydrogens (primary N) is 1. The van der Waals surface area contributed by atoms with E-state index in [0.29, 0.717) is 22.0 Å². The lowest BCUT2D eigenvalue weighted by atomic mass is 10.1. The summed E-state index contributed by atoms with van der Waals surface area (Å²) in [5, 5.41) is 10.5. The first-order valence-electron chi connectivity index (χ1n) is 7.47. The van der Waals surface area contributed by atoms with Gasteiger partial charge in [-0.25, -0.2) is 4.79 Å². The third kappa shape index (κ3) is 2.64. The highest BCUT2D eigenvalue weighted by atomic mass is 32.2. The molecule has 25 heavy (non-hydrogen) atoms. The van der Waals surface area contributed by atoms with Crippen LogP contribution in [0, 0.1) is 0 Å². The van der Waals surface area contributed by atoms with Crippen molar-refractivity contribution in [1.82, 2.24) is 9.97 Å². The number of hydrogen-bond donors (Lipinski definition) is 4. The quantitative estimate of drug-likeness (QED) is 0.422. The summed E-state index contributed by atoms with van der Waals surface area (Å²) in [6, 6.07) is 13.1. The Morgan fingerprint density at radius 2 is 1.92 bits per heavy atom. The predicted molar refractivity (Wildman–Crippen MR) is 98.4 cm³/mol. The van der Waals surface area contributed by atoms with Gasteiger partial charge in [-0.1, -0.05) is 17.8 Å². The van der Waals surface area contributed by atoms with Gasteiger partial charge in [-0.2, -0.15) is 0 Å².